The molecule has 6 heteroatoms. The van der Waals surface area contributed by atoms with E-state index in [-0.39, 0.29) is 47.1 Å². The van der Waals surface area contributed by atoms with Crippen molar-refractivity contribution in [2.45, 2.75) is 104 Å². The number of ketones is 2. The smallest absolute Gasteiger partial charge is 0.309 e. The minimum absolute atomic E-state index is 0.0440. The number of rotatable bonds is 2. The minimum atomic E-state index is -0.845. The first-order chi connectivity index (χ1) is 16.7. The molecule has 1 spiro atoms. The molecule has 3 saturated carbocycles. The predicted octanol–water partition coefficient (Wildman–Crippen LogP) is 4.34. The fourth-order valence-corrected chi connectivity index (χ4v) is 9.68. The largest absolute Gasteiger partial charge is 0.458 e. The molecule has 4 aliphatic carbocycles. The summed E-state index contributed by atoms with van der Waals surface area (Å²) in [6.45, 7) is 14.3. The van der Waals surface area contributed by atoms with Crippen LogP contribution in [0.1, 0.15) is 80.6 Å². The normalized spacial score (nSPS) is 53.2. The molecule has 0 aromatic heterocycles. The molecule has 6 rings (SSSR count). The summed E-state index contributed by atoms with van der Waals surface area (Å²) >= 11 is 0. The fraction of sp³-hybridized carbons (Fsp3) is 0.767. The van der Waals surface area contributed by atoms with Gasteiger partial charge in [0.2, 0.25) is 0 Å². The highest BCUT2D eigenvalue weighted by atomic mass is 16.6. The van der Waals surface area contributed by atoms with Crippen LogP contribution >= 0.6 is 0 Å². The molecular weight excluding hydrogens is 456 g/mol. The summed E-state index contributed by atoms with van der Waals surface area (Å²) in [6.07, 6.45) is 5.86. The zero-order valence-corrected chi connectivity index (χ0v) is 22.6. The first-order valence-electron chi connectivity index (χ1n) is 13.7. The lowest BCUT2D eigenvalue weighted by Crippen LogP contribution is -2.65. The Bertz CT molecular complexity index is 1150. The summed E-state index contributed by atoms with van der Waals surface area (Å²) < 4.78 is 12.2. The van der Waals surface area contributed by atoms with E-state index in [9.17, 15) is 19.5 Å². The number of aliphatic hydroxyl groups excluding tert-OH is 1. The molecule has 0 unspecified atom stereocenters. The van der Waals surface area contributed by atoms with E-state index < -0.39 is 27.9 Å². The minimum Gasteiger partial charge on any atom is -0.458 e. The van der Waals surface area contributed by atoms with Crippen molar-refractivity contribution in [1.29, 1.82) is 0 Å². The first kappa shape index (κ1) is 24.5. The van der Waals surface area contributed by atoms with Crippen LogP contribution in [0.2, 0.25) is 0 Å². The molecule has 0 radical (unpaired) electrons. The number of Topliss-reactive ketones (excluding diaryl/α,β-unsaturated/α-hetero) is 1. The van der Waals surface area contributed by atoms with Crippen molar-refractivity contribution in [2.75, 3.05) is 0 Å². The molecule has 196 valence electrons. The van der Waals surface area contributed by atoms with Crippen molar-refractivity contribution in [3.05, 3.63) is 23.3 Å². The average molecular weight is 497 g/mol. The highest BCUT2D eigenvalue weighted by Gasteiger charge is 2.85. The van der Waals surface area contributed by atoms with Gasteiger partial charge < -0.3 is 14.6 Å². The van der Waals surface area contributed by atoms with Crippen LogP contribution in [0.15, 0.2) is 23.3 Å². The lowest BCUT2D eigenvalue weighted by Gasteiger charge is -2.60. The van der Waals surface area contributed by atoms with Gasteiger partial charge in [-0.2, -0.15) is 0 Å². The number of aliphatic hydroxyl groups is 1. The molecule has 0 bridgehead atoms. The van der Waals surface area contributed by atoms with Gasteiger partial charge in [-0.15, -0.1) is 0 Å². The Kier molecular flexibility index (Phi) is 4.76. The topological polar surface area (TPSA) is 93.2 Å². The van der Waals surface area contributed by atoms with Crippen LogP contribution in [0.3, 0.4) is 0 Å². The van der Waals surface area contributed by atoms with E-state index in [0.717, 1.165) is 17.6 Å². The van der Waals surface area contributed by atoms with E-state index in [0.29, 0.717) is 31.5 Å². The Hall–Kier alpha value is -1.79. The summed E-state index contributed by atoms with van der Waals surface area (Å²) in [7, 11) is 0. The van der Waals surface area contributed by atoms with E-state index in [2.05, 4.69) is 27.7 Å². The van der Waals surface area contributed by atoms with Gasteiger partial charge in [0.05, 0.1) is 18.1 Å². The van der Waals surface area contributed by atoms with Crippen LogP contribution in [0, 0.1) is 39.4 Å². The van der Waals surface area contributed by atoms with Gasteiger partial charge >= 0.3 is 5.97 Å². The first-order valence-corrected chi connectivity index (χ1v) is 13.7. The number of allylic oxidation sites excluding steroid dienone is 2. The van der Waals surface area contributed by atoms with Crippen LogP contribution in [-0.2, 0) is 23.9 Å². The maximum atomic E-state index is 14.2. The molecule has 0 aromatic rings. The summed E-state index contributed by atoms with van der Waals surface area (Å²) in [6, 6.07) is 0. The maximum absolute atomic E-state index is 14.2. The second kappa shape index (κ2) is 6.99. The molecule has 0 aromatic carbocycles. The lowest BCUT2D eigenvalue weighted by atomic mass is 9.40. The molecule has 6 aliphatic rings. The molecule has 10 atom stereocenters. The highest BCUT2D eigenvalue weighted by Crippen LogP contribution is 2.79. The van der Waals surface area contributed by atoms with Crippen molar-refractivity contribution in [3.63, 3.8) is 0 Å². The number of hydrogen-bond donors (Lipinski definition) is 1. The zero-order chi connectivity index (χ0) is 26.2. The Balaban J connectivity index is 1.45. The quantitative estimate of drug-likeness (QED) is 0.347. The molecular formula is C30H40O6. The van der Waals surface area contributed by atoms with E-state index >= 15 is 0 Å². The van der Waals surface area contributed by atoms with Crippen LogP contribution in [0.25, 0.3) is 0 Å². The highest BCUT2D eigenvalue weighted by molar-refractivity contribution is 6.00. The van der Waals surface area contributed by atoms with Gasteiger partial charge in [0, 0.05) is 29.1 Å². The Morgan fingerprint density at radius 2 is 1.78 bits per heavy atom. The van der Waals surface area contributed by atoms with Gasteiger partial charge in [-0.05, 0) is 61.2 Å². The molecule has 2 aliphatic heterocycles. The van der Waals surface area contributed by atoms with Gasteiger partial charge in [-0.25, -0.2) is 0 Å². The lowest BCUT2D eigenvalue weighted by molar-refractivity contribution is -0.148. The average Bonchev–Trinajstić information content (AvgIpc) is 3.39. The summed E-state index contributed by atoms with van der Waals surface area (Å²) in [5, 5.41) is 11.8. The van der Waals surface area contributed by atoms with Gasteiger partial charge in [0.15, 0.2) is 5.78 Å². The summed E-state index contributed by atoms with van der Waals surface area (Å²) in [5.74, 6) is -0.0404. The summed E-state index contributed by atoms with van der Waals surface area (Å²) in [5.41, 5.74) is -1.09. The summed E-state index contributed by atoms with van der Waals surface area (Å²) in [4.78, 5) is 39.1. The molecule has 0 amide bonds. The van der Waals surface area contributed by atoms with Gasteiger partial charge in [0.1, 0.15) is 17.5 Å². The van der Waals surface area contributed by atoms with Crippen LogP contribution in [0.4, 0.5) is 0 Å². The van der Waals surface area contributed by atoms with E-state index in [1.165, 1.54) is 0 Å². The van der Waals surface area contributed by atoms with E-state index in [1.807, 2.05) is 32.9 Å². The molecule has 1 N–H and O–H groups in total. The number of carbonyl (C=O) groups is 3. The molecule has 2 heterocycles. The maximum Gasteiger partial charge on any atom is 0.309 e. The van der Waals surface area contributed by atoms with Gasteiger partial charge in [-0.1, -0.05) is 47.1 Å². The van der Waals surface area contributed by atoms with Crippen LogP contribution in [0.5, 0.6) is 0 Å². The second-order valence-electron chi connectivity index (χ2n) is 13.8. The monoisotopic (exact) mass is 496 g/mol. The zero-order valence-electron chi connectivity index (χ0n) is 22.6. The van der Waals surface area contributed by atoms with E-state index in [4.69, 9.17) is 9.47 Å². The molecule has 5 fully saturated rings. The van der Waals surface area contributed by atoms with Crippen molar-refractivity contribution < 1.29 is 29.0 Å². The number of esters is 1. The van der Waals surface area contributed by atoms with Crippen molar-refractivity contribution in [2.24, 2.45) is 39.4 Å². The van der Waals surface area contributed by atoms with Crippen LogP contribution in [-0.4, -0.2) is 46.6 Å². The number of carbonyl (C=O) groups excluding carboxylic acids is 3. The molecule has 6 nitrogen and oxygen atoms in total. The van der Waals surface area contributed by atoms with E-state index in [1.54, 1.807) is 0 Å². The van der Waals surface area contributed by atoms with Gasteiger partial charge in [-0.3, -0.25) is 14.4 Å². The van der Waals surface area contributed by atoms with Crippen LogP contribution < -0.4 is 0 Å². The number of epoxide rings is 1. The standard InChI is InChI=1S/C30H40O6/c1-15(10-17-11-16(2)25(34)35-17)18-12-23(33)29(7)28(18,6)22(32)13-20-27(5)9-8-21(31)26(3,4)19(27)14-24-30(20,29)36-24/h10,13,16-19,23-24,33H,8-9,11-12,14H2,1-7H3/b15-10+/t16-,17-,18+,19-,23+,24+,27-,28-,29+,30-/m0/s1. The van der Waals surface area contributed by atoms with Crippen molar-refractivity contribution in [3.8, 4) is 0 Å². The number of cyclic esters (lactones) is 1. The predicted molar refractivity (Wildman–Crippen MR) is 133 cm³/mol. The Morgan fingerprint density at radius 1 is 1.08 bits per heavy atom. The number of ether oxygens (including phenoxy) is 2. The third kappa shape index (κ3) is 2.54. The third-order valence-electron chi connectivity index (χ3n) is 12.1. The number of fused-ring (bicyclic) bond motifs is 3. The number of hydrogen-bond acceptors (Lipinski definition) is 6. The third-order valence-corrected chi connectivity index (χ3v) is 12.1. The Morgan fingerprint density at radius 3 is 2.42 bits per heavy atom. The Labute approximate surface area is 213 Å². The SMILES string of the molecule is C/C(=C\[C@H]1C[C@H](C)C(=O)O1)[C@H]1C[C@@H](O)[C@]2(C)[C@]1(C)C(=O)C=C1[C@@]3(C)CCC(=O)C(C)(C)[C@@H]3C[C@H]3O[C@@]132. The molecule has 2 saturated heterocycles. The van der Waals surface area contributed by atoms with Gasteiger partial charge in [0.25, 0.3) is 0 Å². The fourth-order valence-electron chi connectivity index (χ4n) is 9.68. The second-order valence-corrected chi connectivity index (χ2v) is 13.8. The molecule has 36 heavy (non-hydrogen) atoms. The van der Waals surface area contributed by atoms with Crippen molar-refractivity contribution in [1.82, 2.24) is 0 Å². The van der Waals surface area contributed by atoms with Crippen molar-refractivity contribution >= 4 is 17.5 Å².